The maximum absolute atomic E-state index is 12.9. The van der Waals surface area contributed by atoms with E-state index < -0.39 is 0 Å². The van der Waals surface area contributed by atoms with Crippen molar-refractivity contribution in [2.45, 2.75) is 45.1 Å². The van der Waals surface area contributed by atoms with Gasteiger partial charge in [0.15, 0.2) is 5.65 Å². The van der Waals surface area contributed by atoms with Crippen LogP contribution in [0.3, 0.4) is 0 Å². The van der Waals surface area contributed by atoms with Crippen molar-refractivity contribution in [3.63, 3.8) is 0 Å². The molecule has 2 aliphatic rings. The van der Waals surface area contributed by atoms with Gasteiger partial charge in [0.25, 0.3) is 0 Å². The lowest BCUT2D eigenvalue weighted by molar-refractivity contribution is 0.311. The lowest BCUT2D eigenvalue weighted by atomic mass is 9.87. The van der Waals surface area contributed by atoms with Gasteiger partial charge in [-0.15, -0.1) is 0 Å². The third-order valence-corrected chi connectivity index (χ3v) is 6.36. The number of rotatable bonds is 3. The van der Waals surface area contributed by atoms with E-state index in [2.05, 4.69) is 22.4 Å². The molecule has 1 saturated carbocycles. The molecule has 1 aliphatic heterocycles. The number of imidazole rings is 1. The van der Waals surface area contributed by atoms with Gasteiger partial charge in [-0.3, -0.25) is 9.13 Å². The zero-order valence-corrected chi connectivity index (χ0v) is 17.2. The number of nitrogens with zero attached hydrogens (tertiary/aromatic N) is 5. The normalized spacial score (nSPS) is 20.6. The van der Waals surface area contributed by atoms with Crippen LogP contribution in [0.1, 0.15) is 42.9 Å². The third kappa shape index (κ3) is 3.02. The highest BCUT2D eigenvalue weighted by Crippen LogP contribution is 2.34. The molecular formula is C22H24N6O2. The molecule has 1 aliphatic carbocycles. The highest BCUT2D eigenvalue weighted by Gasteiger charge is 2.26. The Morgan fingerprint density at radius 1 is 1.27 bits per heavy atom. The number of ether oxygens (including phenoxy) is 1. The number of nitrogens with one attached hydrogen (secondary N) is 1. The molecule has 154 valence electrons. The van der Waals surface area contributed by atoms with Crippen LogP contribution in [0, 0.1) is 24.2 Å². The molecule has 30 heavy (non-hydrogen) atoms. The second-order valence-electron chi connectivity index (χ2n) is 8.25. The van der Waals surface area contributed by atoms with Crippen LogP contribution in [0.15, 0.2) is 23.1 Å². The van der Waals surface area contributed by atoms with E-state index in [1.54, 1.807) is 22.4 Å². The van der Waals surface area contributed by atoms with Crippen molar-refractivity contribution in [3.8, 4) is 11.8 Å². The smallest absolute Gasteiger partial charge is 0.330 e. The lowest BCUT2D eigenvalue weighted by Crippen LogP contribution is -2.28. The number of aromatic nitrogens is 4. The molecule has 2 aromatic heterocycles. The van der Waals surface area contributed by atoms with Gasteiger partial charge in [-0.25, -0.2) is 9.78 Å². The van der Waals surface area contributed by atoms with Crippen LogP contribution < -0.4 is 15.7 Å². The molecule has 3 aromatic rings. The van der Waals surface area contributed by atoms with Crippen molar-refractivity contribution in [2.24, 2.45) is 13.0 Å². The number of hydrogen-bond donors (Lipinski definition) is 1. The third-order valence-electron chi connectivity index (χ3n) is 6.36. The molecule has 0 unspecified atom stereocenters. The number of fused-ring (bicyclic) bond motifs is 2. The van der Waals surface area contributed by atoms with Crippen LogP contribution in [-0.2, 0) is 13.5 Å². The molecule has 1 fully saturated rings. The van der Waals surface area contributed by atoms with E-state index in [9.17, 15) is 10.1 Å². The van der Waals surface area contributed by atoms with Gasteiger partial charge in [0, 0.05) is 31.1 Å². The quantitative estimate of drug-likeness (QED) is 0.719. The first-order valence-electron chi connectivity index (χ1n) is 10.4. The number of aryl methyl sites for hydroxylation is 2. The van der Waals surface area contributed by atoms with E-state index in [1.807, 2.05) is 13.0 Å². The topological polar surface area (TPSA) is 97.8 Å². The minimum Gasteiger partial charge on any atom is -0.493 e. The average Bonchev–Trinajstić information content (AvgIpc) is 3.30. The minimum atomic E-state index is -0.0808. The Bertz CT molecular complexity index is 1230. The van der Waals surface area contributed by atoms with Gasteiger partial charge < -0.3 is 10.1 Å². The molecule has 1 N–H and O–H groups in total. The van der Waals surface area contributed by atoms with Crippen LogP contribution in [0.2, 0.25) is 0 Å². The van der Waals surface area contributed by atoms with Crippen molar-refractivity contribution < 1.29 is 4.74 Å². The SMILES string of the molecule is Cc1cc2c(cc1Nc1ncc3c(n1)n(C1CCC(C#N)CC1)c(=O)n3C)CCO2. The highest BCUT2D eigenvalue weighted by molar-refractivity contribution is 5.73. The van der Waals surface area contributed by atoms with Gasteiger partial charge in [-0.2, -0.15) is 10.2 Å². The highest BCUT2D eigenvalue weighted by atomic mass is 16.5. The molecule has 0 atom stereocenters. The summed E-state index contributed by atoms with van der Waals surface area (Å²) >= 11 is 0. The molecule has 0 spiro atoms. The van der Waals surface area contributed by atoms with E-state index >= 15 is 0 Å². The van der Waals surface area contributed by atoms with E-state index in [0.29, 0.717) is 23.7 Å². The Morgan fingerprint density at radius 2 is 2.07 bits per heavy atom. The van der Waals surface area contributed by atoms with E-state index in [0.717, 1.165) is 49.1 Å². The molecule has 0 radical (unpaired) electrons. The van der Waals surface area contributed by atoms with Crippen molar-refractivity contribution in [3.05, 3.63) is 39.9 Å². The van der Waals surface area contributed by atoms with Gasteiger partial charge in [-0.1, -0.05) is 0 Å². The molecule has 0 bridgehead atoms. The second-order valence-corrected chi connectivity index (χ2v) is 8.25. The van der Waals surface area contributed by atoms with Gasteiger partial charge in [0.1, 0.15) is 11.3 Å². The Kier molecular flexibility index (Phi) is 4.46. The lowest BCUT2D eigenvalue weighted by Gasteiger charge is -2.25. The summed E-state index contributed by atoms with van der Waals surface area (Å²) in [4.78, 5) is 22.1. The predicted octanol–water partition coefficient (Wildman–Crippen LogP) is 3.37. The maximum Gasteiger partial charge on any atom is 0.330 e. The van der Waals surface area contributed by atoms with E-state index in [4.69, 9.17) is 9.72 Å². The summed E-state index contributed by atoms with van der Waals surface area (Å²) in [6.07, 6.45) is 5.86. The van der Waals surface area contributed by atoms with Crippen molar-refractivity contribution in [2.75, 3.05) is 11.9 Å². The fourth-order valence-electron chi connectivity index (χ4n) is 4.57. The van der Waals surface area contributed by atoms with Crippen LogP contribution in [0.5, 0.6) is 5.75 Å². The molecule has 8 heteroatoms. The summed E-state index contributed by atoms with van der Waals surface area (Å²) in [5, 5.41) is 12.5. The zero-order chi connectivity index (χ0) is 20.8. The van der Waals surface area contributed by atoms with Gasteiger partial charge in [0.05, 0.1) is 18.9 Å². The van der Waals surface area contributed by atoms with Gasteiger partial charge >= 0.3 is 5.69 Å². The summed E-state index contributed by atoms with van der Waals surface area (Å²) in [5.41, 5.74) is 4.45. The second kappa shape index (κ2) is 7.17. The first-order valence-corrected chi connectivity index (χ1v) is 10.4. The van der Waals surface area contributed by atoms with Crippen LogP contribution in [0.4, 0.5) is 11.6 Å². The minimum absolute atomic E-state index is 0.0624. The predicted molar refractivity (Wildman–Crippen MR) is 113 cm³/mol. The maximum atomic E-state index is 12.9. The first kappa shape index (κ1) is 18.7. The van der Waals surface area contributed by atoms with Gasteiger partial charge in [-0.05, 0) is 55.9 Å². The summed E-state index contributed by atoms with van der Waals surface area (Å²) in [6.45, 7) is 2.74. The first-order chi connectivity index (χ1) is 14.5. The van der Waals surface area contributed by atoms with E-state index in [-0.39, 0.29) is 17.6 Å². The van der Waals surface area contributed by atoms with Gasteiger partial charge in [0.2, 0.25) is 5.95 Å². The number of benzene rings is 1. The Hall–Kier alpha value is -3.34. The molecule has 0 amide bonds. The summed E-state index contributed by atoms with van der Waals surface area (Å²) in [6, 6.07) is 6.54. The number of anilines is 2. The largest absolute Gasteiger partial charge is 0.493 e. The van der Waals surface area contributed by atoms with E-state index in [1.165, 1.54) is 5.56 Å². The zero-order valence-electron chi connectivity index (χ0n) is 17.2. The van der Waals surface area contributed by atoms with Crippen LogP contribution in [0.25, 0.3) is 11.2 Å². The molecule has 8 nitrogen and oxygen atoms in total. The summed E-state index contributed by atoms with van der Waals surface area (Å²) in [5.74, 6) is 1.50. The Morgan fingerprint density at radius 3 is 2.83 bits per heavy atom. The van der Waals surface area contributed by atoms with Crippen LogP contribution in [-0.4, -0.2) is 25.7 Å². The molecule has 1 aromatic carbocycles. The monoisotopic (exact) mass is 404 g/mol. The Labute approximate surface area is 174 Å². The molecular weight excluding hydrogens is 380 g/mol. The fourth-order valence-corrected chi connectivity index (χ4v) is 4.57. The Balaban J connectivity index is 1.51. The van der Waals surface area contributed by atoms with Crippen molar-refractivity contribution >= 4 is 22.8 Å². The number of nitriles is 1. The summed E-state index contributed by atoms with van der Waals surface area (Å²) < 4.78 is 9.03. The van der Waals surface area contributed by atoms with Crippen LogP contribution >= 0.6 is 0 Å². The molecule has 0 saturated heterocycles. The molecule has 5 rings (SSSR count). The van der Waals surface area contributed by atoms with Crippen molar-refractivity contribution in [1.82, 2.24) is 19.1 Å². The number of hydrogen-bond acceptors (Lipinski definition) is 6. The fraction of sp³-hybridized carbons (Fsp3) is 0.455. The summed E-state index contributed by atoms with van der Waals surface area (Å²) in [7, 11) is 1.75. The van der Waals surface area contributed by atoms with Crippen molar-refractivity contribution in [1.29, 1.82) is 5.26 Å². The standard InChI is InChI=1S/C22H24N6O2/c1-13-9-19-15(7-8-30-19)10-17(13)25-21-24-12-18-20(26-21)28(22(29)27(18)2)16-5-3-14(11-23)4-6-16/h9-10,12,14,16H,3-8H2,1-2H3,(H,24,25,26). The average molecular weight is 404 g/mol. The molecule has 3 heterocycles.